The fraction of sp³-hybridized carbons (Fsp3) is 0.579. The number of hydrogen-bond acceptors (Lipinski definition) is 6. The fourth-order valence-electron chi connectivity index (χ4n) is 9.02. The Bertz CT molecular complexity index is 1390. The highest BCUT2D eigenvalue weighted by Crippen LogP contribution is 2.63. The molecule has 2 aromatic carbocycles. The second-order valence-corrected chi connectivity index (χ2v) is 15.1. The van der Waals surface area contributed by atoms with Gasteiger partial charge in [0.1, 0.15) is 12.6 Å². The molecule has 0 aromatic heterocycles. The summed E-state index contributed by atoms with van der Waals surface area (Å²) in [5, 5.41) is 26.3. The molecule has 48 heavy (non-hydrogen) atoms. The zero-order chi connectivity index (χ0) is 34.5. The summed E-state index contributed by atoms with van der Waals surface area (Å²) in [5.41, 5.74) is 1.26. The van der Waals surface area contributed by atoms with Crippen LogP contribution in [0.1, 0.15) is 73.1 Å². The standard InChI is InChI=1S/C19H26ClNO3.C19H22ClNO3/c2*1-2-17(21-19(24)11-3-5-14(20)6-4-11)18-15-7-12(8-16(15)18)13(9-22)10-23/h3-6,12-13,15-18,22-23H,2,7-10H2,1H3,(H,21,24);3-6,9-10,12-13,15-18H,2,7-8H2,1H3,(H,21,24)/t2*12?,15-,16+,17-,18?/m11/s1. The Balaban J connectivity index is 0.000000188. The first-order chi connectivity index (χ1) is 23.2. The van der Waals surface area contributed by atoms with Gasteiger partial charge < -0.3 is 30.4 Å². The molecule has 260 valence electrons. The summed E-state index contributed by atoms with van der Waals surface area (Å²) in [7, 11) is 0. The molecular formula is C38H48Cl2N2O6. The molecule has 4 saturated carbocycles. The maximum atomic E-state index is 12.4. The van der Waals surface area contributed by atoms with E-state index >= 15 is 0 Å². The van der Waals surface area contributed by atoms with Crippen molar-refractivity contribution in [3.05, 3.63) is 69.7 Å². The van der Waals surface area contributed by atoms with E-state index in [1.165, 1.54) is 0 Å². The molecule has 8 nitrogen and oxygen atoms in total. The minimum Gasteiger partial charge on any atom is -0.396 e. The van der Waals surface area contributed by atoms with E-state index in [-0.39, 0.29) is 48.9 Å². The van der Waals surface area contributed by atoms with E-state index in [0.717, 1.165) is 51.1 Å². The van der Waals surface area contributed by atoms with E-state index in [2.05, 4.69) is 24.5 Å². The van der Waals surface area contributed by atoms with Gasteiger partial charge in [-0.3, -0.25) is 9.59 Å². The molecule has 4 fully saturated rings. The van der Waals surface area contributed by atoms with Crippen molar-refractivity contribution in [2.45, 2.75) is 64.5 Å². The zero-order valence-electron chi connectivity index (χ0n) is 27.6. The van der Waals surface area contributed by atoms with Gasteiger partial charge in [-0.25, -0.2) is 0 Å². The topological polar surface area (TPSA) is 133 Å². The molecule has 6 rings (SSSR count). The number of benzene rings is 2. The summed E-state index contributed by atoms with van der Waals surface area (Å²) in [5.74, 6) is 3.41. The van der Waals surface area contributed by atoms with Crippen LogP contribution in [-0.4, -0.2) is 59.9 Å². The highest BCUT2D eigenvalue weighted by Gasteiger charge is 2.60. The van der Waals surface area contributed by atoms with E-state index in [0.29, 0.717) is 62.6 Å². The monoisotopic (exact) mass is 698 g/mol. The first kappa shape index (κ1) is 36.5. The van der Waals surface area contributed by atoms with Crippen molar-refractivity contribution in [2.75, 3.05) is 13.2 Å². The fourth-order valence-corrected chi connectivity index (χ4v) is 9.27. The van der Waals surface area contributed by atoms with Gasteiger partial charge in [-0.2, -0.15) is 0 Å². The van der Waals surface area contributed by atoms with Crippen molar-refractivity contribution in [3.63, 3.8) is 0 Å². The summed E-state index contributed by atoms with van der Waals surface area (Å²) < 4.78 is 0. The third-order valence-corrected chi connectivity index (χ3v) is 12.2. The first-order valence-electron chi connectivity index (χ1n) is 17.4. The quantitative estimate of drug-likeness (QED) is 0.144. The maximum Gasteiger partial charge on any atom is 0.251 e. The number of carbonyl (C=O) groups excluding carboxylic acids is 4. The molecule has 0 saturated heterocycles. The normalized spacial score (nSPS) is 29.2. The number of carbonyl (C=O) groups is 4. The first-order valence-corrected chi connectivity index (χ1v) is 18.2. The van der Waals surface area contributed by atoms with Gasteiger partial charge in [-0.1, -0.05) is 37.0 Å². The molecule has 4 unspecified atom stereocenters. The van der Waals surface area contributed by atoms with Crippen molar-refractivity contribution in [1.29, 1.82) is 0 Å². The summed E-state index contributed by atoms with van der Waals surface area (Å²) in [6, 6.07) is 14.2. The van der Waals surface area contributed by atoms with Gasteiger partial charge in [-0.15, -0.1) is 0 Å². The molecule has 0 spiro atoms. The van der Waals surface area contributed by atoms with Crippen LogP contribution in [0.25, 0.3) is 0 Å². The Morgan fingerprint density at radius 2 is 1.04 bits per heavy atom. The highest BCUT2D eigenvalue weighted by molar-refractivity contribution is 6.31. The average molecular weight is 700 g/mol. The Morgan fingerprint density at radius 1 is 0.688 bits per heavy atom. The molecule has 10 heteroatoms. The average Bonchev–Trinajstić information content (AvgIpc) is 3.80. The molecule has 0 heterocycles. The predicted octanol–water partition coefficient (Wildman–Crippen LogP) is 5.86. The van der Waals surface area contributed by atoms with Crippen LogP contribution in [0.4, 0.5) is 0 Å². The van der Waals surface area contributed by atoms with Gasteiger partial charge in [0.2, 0.25) is 0 Å². The summed E-state index contributed by atoms with van der Waals surface area (Å²) in [6.45, 7) is 4.33. The Morgan fingerprint density at radius 3 is 1.35 bits per heavy atom. The van der Waals surface area contributed by atoms with Crippen LogP contribution >= 0.6 is 23.2 Å². The molecule has 0 aliphatic heterocycles. The minimum atomic E-state index is -0.456. The Hall–Kier alpha value is -2.78. The molecular weight excluding hydrogens is 651 g/mol. The number of aliphatic hydroxyl groups excluding tert-OH is 2. The third-order valence-electron chi connectivity index (χ3n) is 11.7. The van der Waals surface area contributed by atoms with E-state index in [1.807, 2.05) is 0 Å². The van der Waals surface area contributed by atoms with Crippen molar-refractivity contribution in [1.82, 2.24) is 10.6 Å². The maximum absolute atomic E-state index is 12.4. The number of aliphatic hydroxyl groups is 2. The lowest BCUT2D eigenvalue weighted by Gasteiger charge is -2.25. The molecule has 2 aromatic rings. The van der Waals surface area contributed by atoms with Gasteiger partial charge >= 0.3 is 0 Å². The summed E-state index contributed by atoms with van der Waals surface area (Å²) in [4.78, 5) is 46.7. The SMILES string of the molecule is CC[C@@H](NC(=O)c1ccc(Cl)cc1)C1[C@H]2CC(C(C=O)C=O)C[C@@H]12.CC[C@@H](NC(=O)c1ccc(Cl)cc1)C1[C@H]2CC(C(CO)CO)C[C@@H]12. The molecule has 2 amide bonds. The van der Waals surface area contributed by atoms with E-state index in [9.17, 15) is 29.4 Å². The number of halogens is 2. The van der Waals surface area contributed by atoms with Crippen LogP contribution < -0.4 is 10.6 Å². The third kappa shape index (κ3) is 8.15. The lowest BCUT2D eigenvalue weighted by molar-refractivity contribution is -0.121. The smallest absolute Gasteiger partial charge is 0.251 e. The van der Waals surface area contributed by atoms with Crippen molar-refractivity contribution in [2.24, 2.45) is 59.2 Å². The van der Waals surface area contributed by atoms with E-state index < -0.39 is 5.92 Å². The number of fused-ring (bicyclic) bond motifs is 2. The minimum absolute atomic E-state index is 0.0159. The Labute approximate surface area is 293 Å². The van der Waals surface area contributed by atoms with Crippen molar-refractivity contribution >= 4 is 47.6 Å². The lowest BCUT2D eigenvalue weighted by Crippen LogP contribution is -2.37. The molecule has 10 atom stereocenters. The van der Waals surface area contributed by atoms with Crippen LogP contribution in [0.5, 0.6) is 0 Å². The molecule has 4 aliphatic rings. The van der Waals surface area contributed by atoms with Crippen LogP contribution in [0, 0.1) is 59.2 Å². The largest absolute Gasteiger partial charge is 0.396 e. The van der Waals surface area contributed by atoms with E-state index in [1.54, 1.807) is 48.5 Å². The van der Waals surface area contributed by atoms with Crippen molar-refractivity contribution < 1.29 is 29.4 Å². The highest BCUT2D eigenvalue weighted by atomic mass is 35.5. The van der Waals surface area contributed by atoms with Gasteiger partial charge in [0.15, 0.2) is 0 Å². The molecule has 0 radical (unpaired) electrons. The zero-order valence-corrected chi connectivity index (χ0v) is 29.2. The number of rotatable bonds is 14. The van der Waals surface area contributed by atoms with Crippen molar-refractivity contribution in [3.8, 4) is 0 Å². The van der Waals surface area contributed by atoms with Gasteiger partial charge in [-0.05, 0) is 134 Å². The number of amides is 2. The van der Waals surface area contributed by atoms with Gasteiger partial charge in [0.25, 0.3) is 11.8 Å². The van der Waals surface area contributed by atoms with Crippen LogP contribution in [-0.2, 0) is 9.59 Å². The number of nitrogens with one attached hydrogen (secondary N) is 2. The summed E-state index contributed by atoms with van der Waals surface area (Å²) >= 11 is 11.7. The lowest BCUT2D eigenvalue weighted by atomic mass is 9.86. The van der Waals surface area contributed by atoms with Gasteiger partial charge in [0, 0.05) is 52.4 Å². The molecule has 0 bridgehead atoms. The molecule has 4 aliphatic carbocycles. The van der Waals surface area contributed by atoms with Crippen LogP contribution in [0.15, 0.2) is 48.5 Å². The van der Waals surface area contributed by atoms with E-state index in [4.69, 9.17) is 23.2 Å². The number of aldehydes is 2. The summed E-state index contributed by atoms with van der Waals surface area (Å²) in [6.07, 6.45) is 7.32. The second kappa shape index (κ2) is 16.3. The van der Waals surface area contributed by atoms with Gasteiger partial charge in [0.05, 0.1) is 5.92 Å². The number of hydrogen-bond donors (Lipinski definition) is 4. The molecule has 4 N–H and O–H groups in total. The van der Waals surface area contributed by atoms with Crippen LogP contribution in [0.3, 0.4) is 0 Å². The Kier molecular flexibility index (Phi) is 12.4. The van der Waals surface area contributed by atoms with Crippen LogP contribution in [0.2, 0.25) is 10.0 Å². The second-order valence-electron chi connectivity index (χ2n) is 14.2. The predicted molar refractivity (Wildman–Crippen MR) is 186 cm³/mol.